The lowest BCUT2D eigenvalue weighted by atomic mass is 9.85. The molecular weight excluding hydrogens is 537 g/mol. The molecule has 5 rings (SSSR count). The van der Waals surface area contributed by atoms with Crippen LogP contribution in [0, 0.1) is 26.6 Å². The summed E-state index contributed by atoms with van der Waals surface area (Å²) in [6.45, 7) is 11.4. The van der Waals surface area contributed by atoms with Crippen LogP contribution in [0.25, 0.3) is 22.0 Å². The Morgan fingerprint density at radius 1 is 1.07 bits per heavy atom. The van der Waals surface area contributed by atoms with Crippen molar-refractivity contribution in [1.82, 2.24) is 4.57 Å². The Hall–Kier alpha value is -4.17. The number of rotatable bonds is 6. The van der Waals surface area contributed by atoms with Gasteiger partial charge in [0.1, 0.15) is 5.75 Å². The molecule has 4 aromatic rings. The highest BCUT2D eigenvalue weighted by atomic mass is 19.1. The molecule has 1 unspecified atom stereocenters. The maximum Gasteiger partial charge on any atom is 0.337 e. The Labute approximate surface area is 244 Å². The summed E-state index contributed by atoms with van der Waals surface area (Å²) in [4.78, 5) is 26.5. The quantitative estimate of drug-likeness (QED) is 0.260. The summed E-state index contributed by atoms with van der Waals surface area (Å²) in [5.41, 5.74) is 4.80. The first-order valence-electron chi connectivity index (χ1n) is 14.0. The number of aryl methyl sites for hydroxylation is 2. The summed E-state index contributed by atoms with van der Waals surface area (Å²) < 4.78 is 34.3. The minimum absolute atomic E-state index is 0.247. The summed E-state index contributed by atoms with van der Waals surface area (Å²) in [7, 11) is 1.58. The molecule has 2 heterocycles. The lowest BCUT2D eigenvalue weighted by molar-refractivity contribution is -0.160. The number of methoxy groups -OCH3 is 1. The van der Waals surface area contributed by atoms with Crippen LogP contribution in [0.15, 0.2) is 42.6 Å². The molecule has 1 aromatic heterocycles. The third kappa shape index (κ3) is 5.15. The van der Waals surface area contributed by atoms with Crippen molar-refractivity contribution in [1.29, 1.82) is 0 Å². The van der Waals surface area contributed by atoms with Gasteiger partial charge in [0.05, 0.1) is 24.8 Å². The third-order valence-corrected chi connectivity index (χ3v) is 7.77. The summed E-state index contributed by atoms with van der Waals surface area (Å²) in [5.74, 6) is -0.984. The number of benzene rings is 3. The molecule has 1 atom stereocenters. The maximum absolute atomic E-state index is 15.6. The normalized spacial score (nSPS) is 13.9. The molecular formula is C34H36FNO6. The third-order valence-electron chi connectivity index (χ3n) is 7.77. The van der Waals surface area contributed by atoms with Gasteiger partial charge in [0, 0.05) is 28.3 Å². The van der Waals surface area contributed by atoms with E-state index in [2.05, 4.69) is 0 Å². The molecule has 42 heavy (non-hydrogen) atoms. The van der Waals surface area contributed by atoms with Crippen molar-refractivity contribution in [2.75, 3.05) is 13.7 Å². The van der Waals surface area contributed by atoms with Gasteiger partial charge in [0.2, 0.25) is 0 Å². The number of hydrogen-bond acceptors (Lipinski definition) is 5. The lowest BCUT2D eigenvalue weighted by Crippen LogP contribution is -2.28. The van der Waals surface area contributed by atoms with Gasteiger partial charge in [-0.15, -0.1) is 0 Å². The van der Waals surface area contributed by atoms with Gasteiger partial charge in [0.25, 0.3) is 5.91 Å². The summed E-state index contributed by atoms with van der Waals surface area (Å²) >= 11 is 0. The van der Waals surface area contributed by atoms with Crippen molar-refractivity contribution in [2.24, 2.45) is 0 Å². The first-order chi connectivity index (χ1) is 19.8. The molecule has 0 saturated carbocycles. The predicted molar refractivity (Wildman–Crippen MR) is 159 cm³/mol. The van der Waals surface area contributed by atoms with E-state index in [1.165, 1.54) is 6.07 Å². The zero-order chi connectivity index (χ0) is 30.5. The van der Waals surface area contributed by atoms with Gasteiger partial charge in [-0.05, 0) is 119 Å². The minimum Gasteiger partial charge on any atom is -0.496 e. The number of carbonyl (C=O) groups is 2. The Morgan fingerprint density at radius 3 is 2.45 bits per heavy atom. The van der Waals surface area contributed by atoms with Crippen LogP contribution in [0.5, 0.6) is 11.5 Å². The topological polar surface area (TPSA) is 87.0 Å². The molecule has 8 heteroatoms. The fraction of sp³-hybridized carbons (Fsp3) is 0.353. The highest BCUT2D eigenvalue weighted by Gasteiger charge is 2.34. The van der Waals surface area contributed by atoms with Gasteiger partial charge in [0.15, 0.2) is 17.7 Å². The largest absolute Gasteiger partial charge is 0.496 e. The maximum atomic E-state index is 15.6. The van der Waals surface area contributed by atoms with E-state index in [0.29, 0.717) is 57.5 Å². The Morgan fingerprint density at radius 2 is 1.81 bits per heavy atom. The smallest absolute Gasteiger partial charge is 0.337 e. The predicted octanol–water partition coefficient (Wildman–Crippen LogP) is 7.34. The van der Waals surface area contributed by atoms with Crippen molar-refractivity contribution >= 4 is 22.8 Å². The van der Waals surface area contributed by atoms with E-state index in [-0.39, 0.29) is 11.7 Å². The minimum atomic E-state index is -1.33. The van der Waals surface area contributed by atoms with Gasteiger partial charge in [-0.25, -0.2) is 9.18 Å². The summed E-state index contributed by atoms with van der Waals surface area (Å²) in [6, 6.07) is 10.2. The van der Waals surface area contributed by atoms with Crippen molar-refractivity contribution in [3.05, 3.63) is 81.8 Å². The van der Waals surface area contributed by atoms with Crippen LogP contribution in [-0.2, 0) is 16.0 Å². The number of hydrogen-bond donors (Lipinski definition) is 1. The van der Waals surface area contributed by atoms with E-state index in [1.54, 1.807) is 75.9 Å². The van der Waals surface area contributed by atoms with Crippen LogP contribution >= 0.6 is 0 Å². The zero-order valence-corrected chi connectivity index (χ0v) is 25.1. The number of aliphatic carboxylic acids is 1. The monoisotopic (exact) mass is 573 g/mol. The van der Waals surface area contributed by atoms with Crippen LogP contribution < -0.4 is 9.47 Å². The van der Waals surface area contributed by atoms with Crippen LogP contribution in [-0.4, -0.2) is 40.9 Å². The lowest BCUT2D eigenvalue weighted by Gasteiger charge is -2.29. The highest BCUT2D eigenvalue weighted by molar-refractivity contribution is 6.07. The van der Waals surface area contributed by atoms with Crippen LogP contribution in [0.3, 0.4) is 0 Å². The average molecular weight is 574 g/mol. The Balaban J connectivity index is 1.82. The van der Waals surface area contributed by atoms with E-state index in [1.807, 2.05) is 13.8 Å². The first kappa shape index (κ1) is 29.3. The number of halogens is 1. The SMILES string of the molecule is COc1ccc(C(=O)n2ccc3c(-c4cc(F)c5c(c4C)CCCO5)c(C(OC(C)(C)C)C(=O)O)c(C)cc32)cc1C. The summed E-state index contributed by atoms with van der Waals surface area (Å²) in [5, 5.41) is 11.0. The van der Waals surface area contributed by atoms with Crippen LogP contribution in [0.4, 0.5) is 4.39 Å². The van der Waals surface area contributed by atoms with E-state index < -0.39 is 23.5 Å². The fourth-order valence-corrected chi connectivity index (χ4v) is 5.89. The first-order valence-corrected chi connectivity index (χ1v) is 14.0. The second-order valence-electron chi connectivity index (χ2n) is 11.8. The summed E-state index contributed by atoms with van der Waals surface area (Å²) in [6.07, 6.45) is 1.74. The fourth-order valence-electron chi connectivity index (χ4n) is 5.89. The number of carbonyl (C=O) groups excluding carboxylic acids is 1. The number of carboxylic acids is 1. The molecule has 0 bridgehead atoms. The van der Waals surface area contributed by atoms with Crippen molar-refractivity contribution in [3.63, 3.8) is 0 Å². The van der Waals surface area contributed by atoms with Gasteiger partial charge < -0.3 is 19.3 Å². The highest BCUT2D eigenvalue weighted by Crippen LogP contribution is 2.45. The van der Waals surface area contributed by atoms with E-state index in [9.17, 15) is 14.7 Å². The number of ether oxygens (including phenoxy) is 3. The molecule has 220 valence electrons. The zero-order valence-electron chi connectivity index (χ0n) is 25.1. The molecule has 0 saturated heterocycles. The van der Waals surface area contributed by atoms with Gasteiger partial charge >= 0.3 is 5.97 Å². The number of nitrogens with zero attached hydrogens (tertiary/aromatic N) is 1. The molecule has 0 spiro atoms. The van der Waals surface area contributed by atoms with Crippen LogP contribution in [0.2, 0.25) is 0 Å². The van der Waals surface area contributed by atoms with Gasteiger partial charge in [-0.1, -0.05) is 0 Å². The number of fused-ring (bicyclic) bond motifs is 2. The molecule has 0 radical (unpaired) electrons. The molecule has 1 N–H and O–H groups in total. The van der Waals surface area contributed by atoms with Crippen molar-refractivity contribution in [2.45, 2.75) is 66.1 Å². The molecule has 7 nitrogen and oxygen atoms in total. The molecule has 3 aromatic carbocycles. The van der Waals surface area contributed by atoms with Crippen molar-refractivity contribution < 1.29 is 33.3 Å². The average Bonchev–Trinajstić information content (AvgIpc) is 3.35. The van der Waals surface area contributed by atoms with E-state index >= 15 is 4.39 Å². The molecule has 0 amide bonds. The van der Waals surface area contributed by atoms with E-state index in [4.69, 9.17) is 14.2 Å². The van der Waals surface area contributed by atoms with E-state index in [0.717, 1.165) is 23.1 Å². The Kier molecular flexibility index (Phi) is 7.62. The standard InChI is InChI=1S/C34H36FNO6/c1-18-15-21(10-11-27(18)40-7)32(37)36-13-12-23-26(36)16-19(2)28(31(33(38)39)42-34(4,5)6)29(23)24-17-25(35)30-22(20(24)3)9-8-14-41-30/h10-13,15-17,31H,8-9,14H2,1-7H3,(H,38,39). The van der Waals surface area contributed by atoms with Crippen LogP contribution in [0.1, 0.15) is 71.5 Å². The molecule has 1 aliphatic rings. The number of aromatic nitrogens is 1. The van der Waals surface area contributed by atoms with Gasteiger partial charge in [-0.3, -0.25) is 9.36 Å². The van der Waals surface area contributed by atoms with Crippen molar-refractivity contribution in [3.8, 4) is 22.6 Å². The van der Waals surface area contributed by atoms with Gasteiger partial charge in [-0.2, -0.15) is 0 Å². The molecule has 0 fully saturated rings. The second-order valence-corrected chi connectivity index (χ2v) is 11.8. The number of carboxylic acid groups (broad SMARTS) is 1. The molecule has 1 aliphatic heterocycles. The second kappa shape index (κ2) is 10.9. The Bertz CT molecular complexity index is 1730. The molecule has 0 aliphatic carbocycles.